The van der Waals surface area contributed by atoms with E-state index in [2.05, 4.69) is 34.7 Å². The van der Waals surface area contributed by atoms with Gasteiger partial charge in [0, 0.05) is 45.2 Å². The average Bonchev–Trinajstić information content (AvgIpc) is 3.34. The number of carboxylic acid groups (broad SMARTS) is 1. The zero-order valence-corrected chi connectivity index (χ0v) is 27.2. The van der Waals surface area contributed by atoms with Crippen molar-refractivity contribution in [2.75, 3.05) is 26.2 Å². The van der Waals surface area contributed by atoms with Crippen molar-refractivity contribution < 1.29 is 24.3 Å². The van der Waals surface area contributed by atoms with Gasteiger partial charge < -0.3 is 20.2 Å². The second kappa shape index (κ2) is 12.3. The lowest BCUT2D eigenvalue weighted by molar-refractivity contribution is -0.151. The number of nitrogens with one attached hydrogen (secondary N) is 1. The fourth-order valence-corrected chi connectivity index (χ4v) is 8.14. The number of hydrogen-bond acceptors (Lipinski definition) is 5. The summed E-state index contributed by atoms with van der Waals surface area (Å²) in [4.78, 5) is 59.6. The van der Waals surface area contributed by atoms with Gasteiger partial charge in [0.1, 0.15) is 12.1 Å². The molecular weight excluding hydrogens is 596 g/mol. The van der Waals surface area contributed by atoms with Crippen LogP contribution in [0.1, 0.15) is 55.2 Å². The molecule has 3 saturated heterocycles. The zero-order valence-electron chi connectivity index (χ0n) is 27.2. The van der Waals surface area contributed by atoms with Gasteiger partial charge in [-0.05, 0) is 86.5 Å². The molecule has 7 rings (SSSR count). The summed E-state index contributed by atoms with van der Waals surface area (Å²) in [6, 6.07) is 12.3. The Morgan fingerprint density at radius 1 is 0.979 bits per heavy atom. The second-order valence-electron chi connectivity index (χ2n) is 14.4. The topological polar surface area (TPSA) is 128 Å². The molecule has 248 valence electrons. The molecular formula is C36H44N6O5. The molecule has 1 saturated carbocycles. The first-order chi connectivity index (χ1) is 22.6. The molecule has 4 heterocycles. The van der Waals surface area contributed by atoms with Gasteiger partial charge in [-0.1, -0.05) is 35.9 Å². The van der Waals surface area contributed by atoms with Gasteiger partial charge in [-0.3, -0.25) is 24.0 Å². The summed E-state index contributed by atoms with van der Waals surface area (Å²) in [5.41, 5.74) is 4.41. The number of fused-ring (bicyclic) bond motifs is 1. The highest BCUT2D eigenvalue weighted by atomic mass is 16.4. The molecule has 2 aromatic carbocycles. The van der Waals surface area contributed by atoms with Gasteiger partial charge in [0.2, 0.25) is 17.7 Å². The Bertz CT molecular complexity index is 1700. The molecule has 0 radical (unpaired) electrons. The van der Waals surface area contributed by atoms with Crippen molar-refractivity contribution in [3.8, 4) is 0 Å². The predicted octanol–water partition coefficient (Wildman–Crippen LogP) is 3.73. The van der Waals surface area contributed by atoms with Crippen LogP contribution in [0.15, 0.2) is 48.7 Å². The third-order valence-corrected chi connectivity index (χ3v) is 11.0. The molecule has 47 heavy (non-hydrogen) atoms. The number of aromatic nitrogens is 2. The zero-order chi connectivity index (χ0) is 32.9. The molecule has 3 aliphatic heterocycles. The third kappa shape index (κ3) is 6.19. The van der Waals surface area contributed by atoms with Gasteiger partial charge in [0.15, 0.2) is 0 Å². The highest BCUT2D eigenvalue weighted by Gasteiger charge is 2.53. The molecule has 1 aromatic heterocycles. The summed E-state index contributed by atoms with van der Waals surface area (Å²) in [5.74, 6) is -1.58. The number of rotatable bonds is 7. The first-order valence-electron chi connectivity index (χ1n) is 16.9. The lowest BCUT2D eigenvalue weighted by atomic mass is 9.86. The minimum absolute atomic E-state index is 0.00785. The van der Waals surface area contributed by atoms with E-state index < -0.39 is 30.0 Å². The lowest BCUT2D eigenvalue weighted by Gasteiger charge is -2.41. The largest absolute Gasteiger partial charge is 0.465 e. The second-order valence-corrected chi connectivity index (χ2v) is 14.4. The standard InChI is InChI=1S/C36H44N6O5/c1-23-5-7-24(8-6-23)16-26-18-30(32(43)37-19-25-9-10-29-27(17-25)20-38-39(29)2)42(21-26)34(45)31-28(4-3-14-41(31)35(46)47)33(44)40-15-13-36(22-40)11-12-36/h5-10,17,20,26,28,30-31H,3-4,11-16,18-19,21-22H2,1-2H3,(H,37,43)(H,46,47)/t26-,28+,30+,31-/m1/s1. The number of likely N-dealkylation sites (tertiary alicyclic amines) is 3. The first kappa shape index (κ1) is 31.2. The quantitative estimate of drug-likeness (QED) is 0.405. The van der Waals surface area contributed by atoms with E-state index in [1.807, 2.05) is 37.1 Å². The first-order valence-corrected chi connectivity index (χ1v) is 16.9. The highest BCUT2D eigenvalue weighted by molar-refractivity contribution is 5.96. The number of nitrogens with zero attached hydrogens (tertiary/aromatic N) is 5. The van der Waals surface area contributed by atoms with E-state index in [9.17, 15) is 24.3 Å². The molecule has 11 heteroatoms. The maximum Gasteiger partial charge on any atom is 0.408 e. The molecule has 2 N–H and O–H groups in total. The number of amides is 4. The molecule has 1 spiro atoms. The van der Waals surface area contributed by atoms with Gasteiger partial charge in [-0.15, -0.1) is 0 Å². The van der Waals surface area contributed by atoms with Crippen LogP contribution >= 0.6 is 0 Å². The van der Waals surface area contributed by atoms with E-state index in [1.54, 1.807) is 15.8 Å². The SMILES string of the molecule is Cc1ccc(C[C@@H]2C[C@@H](C(=O)NCc3ccc4c(cnn4C)c3)N(C(=O)[C@H]3[C@@H](C(=O)N4CCC5(CC5)C4)CCCN3C(=O)O)C2)cc1. The van der Waals surface area contributed by atoms with Gasteiger partial charge in [-0.25, -0.2) is 4.79 Å². The summed E-state index contributed by atoms with van der Waals surface area (Å²) < 4.78 is 1.80. The Hall–Kier alpha value is -4.41. The van der Waals surface area contributed by atoms with Gasteiger partial charge >= 0.3 is 6.09 Å². The molecule has 0 bridgehead atoms. The van der Waals surface area contributed by atoms with Crippen LogP contribution in [0.4, 0.5) is 4.79 Å². The van der Waals surface area contributed by atoms with E-state index in [0.29, 0.717) is 45.3 Å². The molecule has 4 atom stereocenters. The number of piperidine rings is 1. The maximum absolute atomic E-state index is 14.6. The summed E-state index contributed by atoms with van der Waals surface area (Å²) in [6.07, 6.45) is 5.91. The van der Waals surface area contributed by atoms with Gasteiger partial charge in [0.05, 0.1) is 17.6 Å². The summed E-state index contributed by atoms with van der Waals surface area (Å²) in [5, 5.41) is 18.6. The Kier molecular flexibility index (Phi) is 8.18. The Balaban J connectivity index is 1.13. The molecule has 1 aliphatic carbocycles. The van der Waals surface area contributed by atoms with Crippen LogP contribution in [0.25, 0.3) is 10.9 Å². The minimum atomic E-state index is -1.21. The Labute approximate surface area is 274 Å². The summed E-state index contributed by atoms with van der Waals surface area (Å²) in [7, 11) is 1.88. The van der Waals surface area contributed by atoms with Crippen LogP contribution in [0.5, 0.6) is 0 Å². The summed E-state index contributed by atoms with van der Waals surface area (Å²) >= 11 is 0. The van der Waals surface area contributed by atoms with Crippen LogP contribution in [0.3, 0.4) is 0 Å². The van der Waals surface area contributed by atoms with Crippen molar-refractivity contribution in [1.82, 2.24) is 29.8 Å². The van der Waals surface area contributed by atoms with E-state index in [1.165, 1.54) is 0 Å². The number of carbonyl (C=O) groups is 4. The van der Waals surface area contributed by atoms with Crippen molar-refractivity contribution in [1.29, 1.82) is 0 Å². The Morgan fingerprint density at radius 3 is 2.47 bits per heavy atom. The van der Waals surface area contributed by atoms with E-state index >= 15 is 0 Å². The van der Waals surface area contributed by atoms with E-state index in [4.69, 9.17) is 0 Å². The average molecular weight is 641 g/mol. The number of benzene rings is 2. The Morgan fingerprint density at radius 2 is 1.74 bits per heavy atom. The van der Waals surface area contributed by atoms with Crippen molar-refractivity contribution in [2.45, 2.75) is 70.5 Å². The monoisotopic (exact) mass is 640 g/mol. The van der Waals surface area contributed by atoms with Crippen molar-refractivity contribution in [3.05, 3.63) is 65.4 Å². The molecule has 11 nitrogen and oxygen atoms in total. The minimum Gasteiger partial charge on any atom is -0.465 e. The van der Waals surface area contributed by atoms with Gasteiger partial charge in [-0.2, -0.15) is 5.10 Å². The number of aryl methyl sites for hydroxylation is 2. The number of hydrogen-bond donors (Lipinski definition) is 2. The van der Waals surface area contributed by atoms with Crippen LogP contribution in [-0.2, 0) is 34.4 Å². The van der Waals surface area contributed by atoms with Crippen LogP contribution < -0.4 is 5.32 Å². The molecule has 4 amide bonds. The third-order valence-electron chi connectivity index (χ3n) is 11.0. The fourth-order valence-electron chi connectivity index (χ4n) is 8.14. The van der Waals surface area contributed by atoms with Crippen LogP contribution in [-0.4, -0.2) is 91.7 Å². The van der Waals surface area contributed by atoms with E-state index in [-0.39, 0.29) is 36.2 Å². The predicted molar refractivity (Wildman–Crippen MR) is 175 cm³/mol. The van der Waals surface area contributed by atoms with Crippen molar-refractivity contribution in [2.24, 2.45) is 24.3 Å². The van der Waals surface area contributed by atoms with Crippen LogP contribution in [0.2, 0.25) is 0 Å². The fraction of sp³-hybridized carbons (Fsp3) is 0.528. The smallest absolute Gasteiger partial charge is 0.408 e. The summed E-state index contributed by atoms with van der Waals surface area (Å²) in [6.45, 7) is 4.18. The lowest BCUT2D eigenvalue weighted by Crippen LogP contribution is -2.61. The van der Waals surface area contributed by atoms with E-state index in [0.717, 1.165) is 51.8 Å². The maximum atomic E-state index is 14.6. The highest BCUT2D eigenvalue weighted by Crippen LogP contribution is 2.53. The van der Waals surface area contributed by atoms with Crippen molar-refractivity contribution in [3.63, 3.8) is 0 Å². The normalized spacial score (nSPS) is 25.0. The molecule has 3 aromatic rings. The number of carbonyl (C=O) groups excluding carboxylic acids is 3. The molecule has 0 unspecified atom stereocenters. The van der Waals surface area contributed by atoms with Crippen molar-refractivity contribution >= 4 is 34.7 Å². The van der Waals surface area contributed by atoms with Crippen LogP contribution in [0, 0.1) is 24.2 Å². The molecule has 4 fully saturated rings. The molecule has 4 aliphatic rings. The van der Waals surface area contributed by atoms with Gasteiger partial charge in [0.25, 0.3) is 0 Å².